The van der Waals surface area contributed by atoms with Crippen LogP contribution in [0.4, 0.5) is 0 Å². The van der Waals surface area contributed by atoms with E-state index in [1.165, 1.54) is 16.7 Å². The molecule has 0 aliphatic heterocycles. The zero-order chi connectivity index (χ0) is 18.0. The summed E-state index contributed by atoms with van der Waals surface area (Å²) in [5.41, 5.74) is 6.79. The quantitative estimate of drug-likeness (QED) is 0.498. The highest BCUT2D eigenvalue weighted by Gasteiger charge is 2.13. The van der Waals surface area contributed by atoms with Gasteiger partial charge >= 0.3 is 0 Å². The van der Waals surface area contributed by atoms with Gasteiger partial charge in [-0.05, 0) is 23.1 Å². The minimum Gasteiger partial charge on any atom is -0.293 e. The van der Waals surface area contributed by atoms with E-state index in [-0.39, 0.29) is 12.1 Å². The first-order valence-corrected chi connectivity index (χ1v) is 9.11. The van der Waals surface area contributed by atoms with Crippen LogP contribution in [0.15, 0.2) is 97.1 Å². The molecule has 26 heavy (non-hydrogen) atoms. The number of nitrogens with one attached hydrogen (secondary N) is 1. The molecule has 3 rings (SSSR count). The zero-order valence-electron chi connectivity index (χ0n) is 15.1. The average Bonchev–Trinajstić information content (AvgIpc) is 2.73. The minimum absolute atomic E-state index is 0.0193. The minimum atomic E-state index is -0.0193. The highest BCUT2D eigenvalue weighted by molar-refractivity contribution is 5.50. The summed E-state index contributed by atoms with van der Waals surface area (Å²) in [5, 5.41) is 0. The lowest BCUT2D eigenvalue weighted by Gasteiger charge is -2.21. The van der Waals surface area contributed by atoms with Gasteiger partial charge in [-0.1, -0.05) is 110 Å². The Kier molecular flexibility index (Phi) is 6.77. The van der Waals surface area contributed by atoms with Crippen LogP contribution >= 0.6 is 0 Å². The molecule has 0 saturated heterocycles. The SMILES string of the molecule is CC[C@@H](ON[C@@H](/C=C/c1ccccc1)c1ccccc1)c1ccccc1. The molecule has 0 fully saturated rings. The Morgan fingerprint density at radius 2 is 1.31 bits per heavy atom. The van der Waals surface area contributed by atoms with Crippen LogP contribution in [0.5, 0.6) is 0 Å². The fourth-order valence-corrected chi connectivity index (χ4v) is 2.86. The summed E-state index contributed by atoms with van der Waals surface area (Å²) in [7, 11) is 0. The van der Waals surface area contributed by atoms with E-state index in [0.717, 1.165) is 6.42 Å². The molecule has 0 amide bonds. The van der Waals surface area contributed by atoms with Crippen molar-refractivity contribution in [2.75, 3.05) is 0 Å². The molecular formula is C24H25NO. The molecule has 132 valence electrons. The van der Waals surface area contributed by atoms with Gasteiger partial charge in [-0.15, -0.1) is 0 Å². The monoisotopic (exact) mass is 343 g/mol. The normalized spacial score (nSPS) is 13.6. The molecule has 2 atom stereocenters. The summed E-state index contributed by atoms with van der Waals surface area (Å²) in [5.74, 6) is 0. The van der Waals surface area contributed by atoms with Crippen LogP contribution < -0.4 is 5.48 Å². The van der Waals surface area contributed by atoms with Crippen LogP contribution in [0.2, 0.25) is 0 Å². The molecule has 3 aromatic carbocycles. The molecule has 0 aliphatic rings. The number of hydrogen-bond acceptors (Lipinski definition) is 2. The molecular weight excluding hydrogens is 318 g/mol. The second-order valence-electron chi connectivity index (χ2n) is 6.20. The van der Waals surface area contributed by atoms with Crippen LogP contribution in [0.3, 0.4) is 0 Å². The smallest absolute Gasteiger partial charge is 0.104 e. The van der Waals surface area contributed by atoms with E-state index in [2.05, 4.69) is 73.1 Å². The van der Waals surface area contributed by atoms with Crippen molar-refractivity contribution >= 4 is 6.08 Å². The Morgan fingerprint density at radius 1 is 0.769 bits per heavy atom. The first-order chi connectivity index (χ1) is 12.9. The predicted molar refractivity (Wildman–Crippen MR) is 108 cm³/mol. The predicted octanol–water partition coefficient (Wildman–Crippen LogP) is 6.11. The van der Waals surface area contributed by atoms with E-state index in [0.29, 0.717) is 0 Å². The zero-order valence-corrected chi connectivity index (χ0v) is 15.1. The molecule has 0 spiro atoms. The lowest BCUT2D eigenvalue weighted by atomic mass is 10.1. The van der Waals surface area contributed by atoms with Gasteiger partial charge < -0.3 is 0 Å². The van der Waals surface area contributed by atoms with Crippen LogP contribution in [0.1, 0.15) is 42.2 Å². The van der Waals surface area contributed by atoms with Crippen molar-refractivity contribution in [2.24, 2.45) is 0 Å². The Morgan fingerprint density at radius 3 is 1.88 bits per heavy atom. The molecule has 0 aliphatic carbocycles. The van der Waals surface area contributed by atoms with Gasteiger partial charge in [0, 0.05) is 0 Å². The summed E-state index contributed by atoms with van der Waals surface area (Å²) < 4.78 is 0. The van der Waals surface area contributed by atoms with Crippen molar-refractivity contribution in [1.29, 1.82) is 0 Å². The summed E-state index contributed by atoms with van der Waals surface area (Å²) >= 11 is 0. The Labute approximate surface area is 156 Å². The van der Waals surface area contributed by atoms with Crippen LogP contribution in [0.25, 0.3) is 6.08 Å². The molecule has 2 nitrogen and oxygen atoms in total. The summed E-state index contributed by atoms with van der Waals surface area (Å²) in [4.78, 5) is 6.08. The first-order valence-electron chi connectivity index (χ1n) is 9.11. The summed E-state index contributed by atoms with van der Waals surface area (Å²) in [6, 6.07) is 31.0. The van der Waals surface area contributed by atoms with Crippen molar-refractivity contribution in [3.8, 4) is 0 Å². The fraction of sp³-hybridized carbons (Fsp3) is 0.167. The Hall–Kier alpha value is -2.68. The highest BCUT2D eigenvalue weighted by atomic mass is 16.7. The maximum atomic E-state index is 6.08. The van der Waals surface area contributed by atoms with Crippen LogP contribution in [-0.4, -0.2) is 0 Å². The molecule has 0 saturated carbocycles. The van der Waals surface area contributed by atoms with Crippen molar-refractivity contribution in [1.82, 2.24) is 5.48 Å². The molecule has 3 aromatic rings. The van der Waals surface area contributed by atoms with Crippen molar-refractivity contribution in [2.45, 2.75) is 25.5 Å². The van der Waals surface area contributed by atoms with Gasteiger partial charge in [0.15, 0.2) is 0 Å². The molecule has 2 heteroatoms. The van der Waals surface area contributed by atoms with Gasteiger partial charge in [0.05, 0.1) is 6.04 Å². The standard InChI is InChI=1S/C24H25NO/c1-2-24(22-16-10-5-11-17-22)26-25-23(21-14-8-4-9-15-21)19-18-20-12-6-3-7-13-20/h3-19,23-25H,2H2,1H3/b19-18+/t23-,24+/m0/s1. The second kappa shape index (κ2) is 9.71. The van der Waals surface area contributed by atoms with E-state index < -0.39 is 0 Å². The maximum Gasteiger partial charge on any atom is 0.104 e. The third-order valence-electron chi connectivity index (χ3n) is 4.32. The Bertz CT molecular complexity index is 784. The molecule has 0 heterocycles. The van der Waals surface area contributed by atoms with Gasteiger partial charge in [-0.25, -0.2) is 0 Å². The number of rotatable bonds is 8. The highest BCUT2D eigenvalue weighted by Crippen LogP contribution is 2.22. The molecule has 0 unspecified atom stereocenters. The lowest BCUT2D eigenvalue weighted by Crippen LogP contribution is -2.22. The van der Waals surface area contributed by atoms with Crippen LogP contribution in [-0.2, 0) is 4.84 Å². The van der Waals surface area contributed by atoms with Gasteiger partial charge in [-0.2, -0.15) is 5.48 Å². The van der Waals surface area contributed by atoms with E-state index in [1.807, 2.05) is 42.5 Å². The Balaban J connectivity index is 1.74. The van der Waals surface area contributed by atoms with Gasteiger partial charge in [0.1, 0.15) is 6.10 Å². The molecule has 0 aromatic heterocycles. The summed E-state index contributed by atoms with van der Waals surface area (Å²) in [6.45, 7) is 2.14. The summed E-state index contributed by atoms with van der Waals surface area (Å²) in [6.07, 6.45) is 5.19. The third kappa shape index (κ3) is 5.16. The third-order valence-corrected chi connectivity index (χ3v) is 4.32. The maximum absolute atomic E-state index is 6.08. The number of hydroxylamine groups is 1. The number of hydrogen-bond donors (Lipinski definition) is 1. The topological polar surface area (TPSA) is 21.3 Å². The van der Waals surface area contributed by atoms with E-state index in [4.69, 9.17) is 4.84 Å². The van der Waals surface area contributed by atoms with E-state index in [1.54, 1.807) is 0 Å². The van der Waals surface area contributed by atoms with Gasteiger partial charge in [0.2, 0.25) is 0 Å². The largest absolute Gasteiger partial charge is 0.293 e. The van der Waals surface area contributed by atoms with Crippen molar-refractivity contribution in [3.05, 3.63) is 114 Å². The van der Waals surface area contributed by atoms with Gasteiger partial charge in [0.25, 0.3) is 0 Å². The van der Waals surface area contributed by atoms with Gasteiger partial charge in [-0.3, -0.25) is 4.84 Å². The van der Waals surface area contributed by atoms with E-state index >= 15 is 0 Å². The molecule has 0 radical (unpaired) electrons. The fourth-order valence-electron chi connectivity index (χ4n) is 2.86. The molecule has 1 N–H and O–H groups in total. The second-order valence-corrected chi connectivity index (χ2v) is 6.20. The number of benzene rings is 3. The first kappa shape index (κ1) is 18.1. The van der Waals surface area contributed by atoms with Crippen LogP contribution in [0, 0.1) is 0 Å². The van der Waals surface area contributed by atoms with Crippen molar-refractivity contribution in [3.63, 3.8) is 0 Å². The average molecular weight is 343 g/mol. The van der Waals surface area contributed by atoms with E-state index in [9.17, 15) is 0 Å². The molecule has 0 bridgehead atoms. The van der Waals surface area contributed by atoms with Crippen molar-refractivity contribution < 1.29 is 4.84 Å². The lowest BCUT2D eigenvalue weighted by molar-refractivity contribution is -0.0404.